The summed E-state index contributed by atoms with van der Waals surface area (Å²) in [7, 11) is 2.76. The molecule has 0 radical (unpaired) electrons. The molecule has 2 aromatic heterocycles. The van der Waals surface area contributed by atoms with Crippen molar-refractivity contribution in [1.29, 1.82) is 0 Å². The summed E-state index contributed by atoms with van der Waals surface area (Å²) in [5.74, 6) is -0.723. The largest absolute Gasteiger partial charge is 0.453 e. The van der Waals surface area contributed by atoms with Crippen LogP contribution in [0.2, 0.25) is 4.34 Å². The number of halogens is 2. The maximum Gasteiger partial charge on any atom is 0.409 e. The molecule has 4 amide bonds. The zero-order valence-electron chi connectivity index (χ0n) is 20.5. The fraction of sp³-hybridized carbons (Fsp3) is 0.280. The van der Waals surface area contributed by atoms with Gasteiger partial charge in [0.25, 0.3) is 11.5 Å². The fourth-order valence-corrected chi connectivity index (χ4v) is 5.26. The molecule has 1 aliphatic rings. The van der Waals surface area contributed by atoms with Gasteiger partial charge in [0, 0.05) is 50.6 Å². The van der Waals surface area contributed by atoms with Crippen LogP contribution in [-0.2, 0) is 4.74 Å². The number of likely N-dealkylation sites (N-methyl/N-ethyl adjacent to an activating group) is 1. The minimum Gasteiger partial charge on any atom is -0.453 e. The summed E-state index contributed by atoms with van der Waals surface area (Å²) in [6.45, 7) is 0.263. The van der Waals surface area contributed by atoms with Crippen molar-refractivity contribution in [2.75, 3.05) is 38.9 Å². The lowest BCUT2D eigenvalue weighted by Crippen LogP contribution is -2.45. The number of pyridine rings is 1. The average molecular weight is 562 g/mol. The van der Waals surface area contributed by atoms with Crippen LogP contribution in [0.15, 0.2) is 65.6 Å². The van der Waals surface area contributed by atoms with Crippen LogP contribution in [0.25, 0.3) is 5.69 Å². The number of nitrogens with zero attached hydrogens (tertiary/aromatic N) is 4. The lowest BCUT2D eigenvalue weighted by molar-refractivity contribution is 0.0936. The van der Waals surface area contributed by atoms with Crippen LogP contribution in [0.5, 0.6) is 0 Å². The van der Waals surface area contributed by atoms with Crippen LogP contribution < -0.4 is 16.0 Å². The van der Waals surface area contributed by atoms with Gasteiger partial charge >= 0.3 is 12.1 Å². The second-order valence-corrected chi connectivity index (χ2v) is 10.3. The van der Waals surface area contributed by atoms with Gasteiger partial charge < -0.3 is 19.9 Å². The summed E-state index contributed by atoms with van der Waals surface area (Å²) in [5, 5.41) is 2.82. The summed E-state index contributed by atoms with van der Waals surface area (Å²) in [4.78, 5) is 52.8. The minimum atomic E-state index is -0.920. The number of anilines is 1. The molecule has 3 aromatic rings. The molecule has 0 spiro atoms. The van der Waals surface area contributed by atoms with E-state index >= 15 is 4.48 Å². The third kappa shape index (κ3) is 5.81. The minimum absolute atomic E-state index is 0.0152. The number of carbonyl (C=O) groups excluding carboxylic acids is 3. The zero-order valence-corrected chi connectivity index (χ0v) is 22.1. The van der Waals surface area contributed by atoms with Crippen molar-refractivity contribution in [3.05, 3.63) is 80.4 Å². The van der Waals surface area contributed by atoms with Crippen LogP contribution in [0.3, 0.4) is 0 Å². The van der Waals surface area contributed by atoms with Crippen molar-refractivity contribution >= 4 is 46.7 Å². The number of urea groups is 1. The van der Waals surface area contributed by atoms with Gasteiger partial charge in [-0.15, -0.1) is 16.5 Å². The van der Waals surface area contributed by atoms with Gasteiger partial charge in [0.2, 0.25) is 0 Å². The number of amides is 4. The number of nitrogens with one attached hydrogen (secondary N) is 1. The molecule has 0 aliphatic carbocycles. The van der Waals surface area contributed by atoms with Gasteiger partial charge in [-0.25, -0.2) is 9.59 Å². The molecule has 1 fully saturated rings. The van der Waals surface area contributed by atoms with E-state index in [4.69, 9.17) is 16.3 Å². The molecular formula is C25H25ClFN5O5S. The van der Waals surface area contributed by atoms with Crippen molar-refractivity contribution in [2.45, 2.75) is 6.04 Å². The molecule has 3 heterocycles. The predicted molar refractivity (Wildman–Crippen MR) is 142 cm³/mol. The normalized spacial score (nSPS) is 16.7. The number of likely N-dealkylation sites (tertiary alicyclic amines) is 1. The molecule has 0 bridgehead atoms. The van der Waals surface area contributed by atoms with Gasteiger partial charge in [0.15, 0.2) is 0 Å². The van der Waals surface area contributed by atoms with Gasteiger partial charge in [-0.2, -0.15) is 0 Å². The quantitative estimate of drug-likeness (QED) is 0.461. The number of ether oxygens (including phenoxy) is 1. The summed E-state index contributed by atoms with van der Waals surface area (Å²) in [6.07, 6.45) is 0.971. The Bertz CT molecular complexity index is 1380. The van der Waals surface area contributed by atoms with Crippen LogP contribution in [0.1, 0.15) is 9.67 Å². The van der Waals surface area contributed by atoms with Gasteiger partial charge in [0.05, 0.1) is 28.1 Å². The molecule has 10 nitrogen and oxygen atoms in total. The highest BCUT2D eigenvalue weighted by molar-refractivity contribution is 7.18. The molecule has 0 saturated carbocycles. The topological polar surface area (TPSA) is 104 Å². The lowest BCUT2D eigenvalue weighted by Gasteiger charge is -2.27. The van der Waals surface area contributed by atoms with E-state index < -0.39 is 18.2 Å². The Balaban J connectivity index is 1.47. The summed E-state index contributed by atoms with van der Waals surface area (Å²) in [5.41, 5.74) is 0.252. The maximum absolute atomic E-state index is 15.2. The van der Waals surface area contributed by atoms with Crippen molar-refractivity contribution in [3.8, 4) is 5.69 Å². The SMILES string of the molecule is COC(=O)N(C)C1CN(C(=O)N(F)c2ccc(-n3ccccc3=O)cc2)CC1CNC(=O)c1ccc(Cl)s1. The van der Waals surface area contributed by atoms with Crippen LogP contribution in [0, 0.1) is 5.92 Å². The number of benzene rings is 1. The van der Waals surface area contributed by atoms with E-state index in [1.807, 2.05) is 0 Å². The Kier molecular flexibility index (Phi) is 8.32. The number of carbonyl (C=O) groups is 3. The van der Waals surface area contributed by atoms with Crippen LogP contribution in [-0.4, -0.2) is 72.2 Å². The van der Waals surface area contributed by atoms with E-state index in [0.29, 0.717) is 14.9 Å². The predicted octanol–water partition coefficient (Wildman–Crippen LogP) is 3.79. The fourth-order valence-electron chi connectivity index (χ4n) is 4.30. The molecule has 1 aliphatic heterocycles. The Labute approximate surface area is 226 Å². The molecule has 1 aromatic carbocycles. The van der Waals surface area contributed by atoms with Crippen molar-refractivity contribution in [3.63, 3.8) is 0 Å². The first-order chi connectivity index (χ1) is 18.2. The first-order valence-electron chi connectivity index (χ1n) is 11.6. The molecular weight excluding hydrogens is 537 g/mol. The first-order valence-corrected chi connectivity index (χ1v) is 12.8. The Morgan fingerprint density at radius 3 is 2.50 bits per heavy atom. The van der Waals surface area contributed by atoms with E-state index in [1.165, 1.54) is 58.9 Å². The monoisotopic (exact) mass is 561 g/mol. The Morgan fingerprint density at radius 1 is 1.13 bits per heavy atom. The average Bonchev–Trinajstić information content (AvgIpc) is 3.57. The zero-order chi connectivity index (χ0) is 27.4. The smallest absolute Gasteiger partial charge is 0.409 e. The van der Waals surface area contributed by atoms with Crippen LogP contribution in [0.4, 0.5) is 19.8 Å². The highest BCUT2D eigenvalue weighted by atomic mass is 35.5. The van der Waals surface area contributed by atoms with Crippen molar-refractivity contribution in [1.82, 2.24) is 19.7 Å². The standard InChI is InChI=1S/C25H25ClFN5O5S/c1-29(25(36)37-2)19-15-30(14-16(19)13-28-23(34)20-10-11-21(26)38-20)24(35)32(27)18-8-6-17(7-9-18)31-12-4-3-5-22(31)33/h3-12,16,19H,13-15H2,1-2H3,(H,28,34). The molecule has 2 atom stereocenters. The highest BCUT2D eigenvalue weighted by Crippen LogP contribution is 2.26. The number of aromatic nitrogens is 1. The van der Waals surface area contributed by atoms with Crippen LogP contribution >= 0.6 is 22.9 Å². The molecule has 4 rings (SSSR count). The third-order valence-corrected chi connectivity index (χ3v) is 7.53. The molecule has 38 heavy (non-hydrogen) atoms. The summed E-state index contributed by atoms with van der Waals surface area (Å²) < 4.78 is 21.9. The highest BCUT2D eigenvalue weighted by Gasteiger charge is 2.41. The van der Waals surface area contributed by atoms with E-state index in [-0.39, 0.29) is 47.8 Å². The first kappa shape index (κ1) is 27.1. The maximum atomic E-state index is 15.2. The van der Waals surface area contributed by atoms with Gasteiger partial charge in [-0.3, -0.25) is 14.2 Å². The molecule has 13 heteroatoms. The second-order valence-electron chi connectivity index (χ2n) is 8.62. The van der Waals surface area contributed by atoms with Crippen molar-refractivity contribution < 1.29 is 23.6 Å². The Hall–Kier alpha value is -3.90. The van der Waals surface area contributed by atoms with Gasteiger partial charge in [0.1, 0.15) is 0 Å². The van der Waals surface area contributed by atoms with Gasteiger partial charge in [-0.1, -0.05) is 22.1 Å². The van der Waals surface area contributed by atoms with Crippen molar-refractivity contribution in [2.24, 2.45) is 5.92 Å². The summed E-state index contributed by atoms with van der Waals surface area (Å²) in [6, 6.07) is 12.3. The molecule has 2 unspecified atom stereocenters. The lowest BCUT2D eigenvalue weighted by atomic mass is 10.0. The summed E-state index contributed by atoms with van der Waals surface area (Å²) >= 11 is 7.04. The number of methoxy groups -OCH3 is 1. The number of rotatable bonds is 6. The third-order valence-electron chi connectivity index (χ3n) is 6.30. The number of thiophene rings is 1. The van der Waals surface area contributed by atoms with E-state index in [2.05, 4.69) is 5.32 Å². The number of hydrogen-bond donors (Lipinski definition) is 1. The van der Waals surface area contributed by atoms with Gasteiger partial charge in [-0.05, 0) is 42.5 Å². The molecule has 1 saturated heterocycles. The van der Waals surface area contributed by atoms with E-state index in [0.717, 1.165) is 11.3 Å². The van der Waals surface area contributed by atoms with E-state index in [9.17, 15) is 19.2 Å². The molecule has 200 valence electrons. The Morgan fingerprint density at radius 2 is 1.87 bits per heavy atom. The number of hydrogen-bond acceptors (Lipinski definition) is 6. The second kappa shape index (κ2) is 11.7. The molecule has 1 N–H and O–H groups in total. The van der Waals surface area contributed by atoms with E-state index in [1.54, 1.807) is 30.5 Å².